The summed E-state index contributed by atoms with van der Waals surface area (Å²) in [5.74, 6) is 1.51. The summed E-state index contributed by atoms with van der Waals surface area (Å²) >= 11 is 0. The summed E-state index contributed by atoms with van der Waals surface area (Å²) in [5.41, 5.74) is 3.98. The molecular formula is C24H25N3O4. The van der Waals surface area contributed by atoms with Crippen LogP contribution in [0.25, 0.3) is 0 Å². The molecule has 0 atom stereocenters. The summed E-state index contributed by atoms with van der Waals surface area (Å²) in [6.07, 6.45) is 2.14. The van der Waals surface area contributed by atoms with Crippen molar-refractivity contribution in [3.8, 4) is 5.75 Å². The number of amides is 2. The third-order valence-electron chi connectivity index (χ3n) is 5.21. The van der Waals surface area contributed by atoms with Crippen LogP contribution in [0.4, 0.5) is 11.4 Å². The third-order valence-corrected chi connectivity index (χ3v) is 5.21. The molecule has 160 valence electrons. The van der Waals surface area contributed by atoms with Gasteiger partial charge >= 0.3 is 0 Å². The first-order valence-electron chi connectivity index (χ1n) is 10.3. The molecule has 31 heavy (non-hydrogen) atoms. The summed E-state index contributed by atoms with van der Waals surface area (Å²) in [4.78, 5) is 24.3. The Morgan fingerprint density at radius 2 is 1.77 bits per heavy atom. The van der Waals surface area contributed by atoms with E-state index in [9.17, 15) is 9.59 Å². The second kappa shape index (κ2) is 9.04. The van der Waals surface area contributed by atoms with Gasteiger partial charge in [0, 0.05) is 17.3 Å². The van der Waals surface area contributed by atoms with Crippen LogP contribution in [0.15, 0.2) is 53.1 Å². The Bertz CT molecular complexity index is 1060. The summed E-state index contributed by atoms with van der Waals surface area (Å²) in [6.45, 7) is 4.12. The maximum Gasteiger partial charge on any atom is 0.228 e. The second-order valence-corrected chi connectivity index (χ2v) is 7.80. The highest BCUT2D eigenvalue weighted by molar-refractivity contribution is 5.96. The highest BCUT2D eigenvalue weighted by atomic mass is 16.5. The highest BCUT2D eigenvalue weighted by Crippen LogP contribution is 2.30. The van der Waals surface area contributed by atoms with E-state index in [2.05, 4.69) is 15.8 Å². The fourth-order valence-corrected chi connectivity index (χ4v) is 3.22. The minimum Gasteiger partial charge on any atom is -0.489 e. The van der Waals surface area contributed by atoms with Gasteiger partial charge in [0.15, 0.2) is 0 Å². The van der Waals surface area contributed by atoms with Gasteiger partial charge in [0.1, 0.15) is 18.1 Å². The van der Waals surface area contributed by atoms with Crippen molar-refractivity contribution in [3.05, 3.63) is 71.1 Å². The van der Waals surface area contributed by atoms with Crippen LogP contribution < -0.4 is 15.4 Å². The Morgan fingerprint density at radius 1 is 1.06 bits per heavy atom. The SMILES string of the molecule is Cc1noc(C)c1COc1ccc(CC(=O)Nc2cccc(NC(=O)C3CC3)c2)cc1. The van der Waals surface area contributed by atoms with E-state index in [1.165, 1.54) is 0 Å². The first kappa shape index (κ1) is 20.7. The number of aryl methyl sites for hydroxylation is 2. The average Bonchev–Trinajstić information content (AvgIpc) is 3.54. The minimum absolute atomic E-state index is 0.0418. The normalized spacial score (nSPS) is 13.0. The largest absolute Gasteiger partial charge is 0.489 e. The van der Waals surface area contributed by atoms with Crippen molar-refractivity contribution < 1.29 is 18.8 Å². The molecule has 0 aliphatic heterocycles. The van der Waals surface area contributed by atoms with Crippen LogP contribution in [0.1, 0.15) is 35.4 Å². The number of anilines is 2. The van der Waals surface area contributed by atoms with Gasteiger partial charge in [0.25, 0.3) is 0 Å². The molecule has 1 aromatic heterocycles. The number of carbonyl (C=O) groups excluding carboxylic acids is 2. The molecule has 4 rings (SSSR count). The van der Waals surface area contributed by atoms with Gasteiger partial charge in [0.05, 0.1) is 17.7 Å². The van der Waals surface area contributed by atoms with Gasteiger partial charge in [-0.05, 0) is 62.6 Å². The summed E-state index contributed by atoms with van der Waals surface area (Å²) < 4.78 is 10.9. The van der Waals surface area contributed by atoms with Gasteiger partial charge < -0.3 is 19.9 Å². The van der Waals surface area contributed by atoms with Crippen molar-refractivity contribution in [1.82, 2.24) is 5.16 Å². The molecule has 1 aliphatic carbocycles. The highest BCUT2D eigenvalue weighted by Gasteiger charge is 2.29. The lowest BCUT2D eigenvalue weighted by Gasteiger charge is -2.09. The molecule has 1 fully saturated rings. The smallest absolute Gasteiger partial charge is 0.228 e. The topological polar surface area (TPSA) is 93.5 Å². The maximum absolute atomic E-state index is 12.4. The molecule has 1 heterocycles. The van der Waals surface area contributed by atoms with Gasteiger partial charge in [-0.25, -0.2) is 0 Å². The first-order chi connectivity index (χ1) is 15.0. The summed E-state index contributed by atoms with van der Waals surface area (Å²) in [5, 5.41) is 9.69. The minimum atomic E-state index is -0.130. The second-order valence-electron chi connectivity index (χ2n) is 7.80. The van der Waals surface area contributed by atoms with E-state index in [1.807, 2.05) is 50.2 Å². The maximum atomic E-state index is 12.4. The predicted octanol–water partition coefficient (Wildman–Crippen LogP) is 4.40. The number of hydrogen-bond acceptors (Lipinski definition) is 5. The Kier molecular flexibility index (Phi) is 6.02. The van der Waals surface area contributed by atoms with Crippen molar-refractivity contribution >= 4 is 23.2 Å². The van der Waals surface area contributed by atoms with Crippen LogP contribution in [0, 0.1) is 19.8 Å². The molecule has 7 nitrogen and oxygen atoms in total. The van der Waals surface area contributed by atoms with E-state index < -0.39 is 0 Å². The molecule has 0 unspecified atom stereocenters. The van der Waals surface area contributed by atoms with Gasteiger partial charge in [-0.1, -0.05) is 23.4 Å². The molecule has 0 bridgehead atoms. The van der Waals surface area contributed by atoms with Crippen LogP contribution >= 0.6 is 0 Å². The van der Waals surface area contributed by atoms with Crippen LogP contribution in [0.2, 0.25) is 0 Å². The average molecular weight is 419 g/mol. The molecule has 0 spiro atoms. The van der Waals surface area contributed by atoms with E-state index in [-0.39, 0.29) is 24.2 Å². The lowest BCUT2D eigenvalue weighted by Crippen LogP contribution is -2.16. The van der Waals surface area contributed by atoms with E-state index in [4.69, 9.17) is 9.26 Å². The standard InChI is InChI=1S/C24H25N3O4/c1-15-22(16(2)31-27-15)14-30-21-10-6-17(7-11-21)12-23(28)25-19-4-3-5-20(13-19)26-24(29)18-8-9-18/h3-7,10-11,13,18H,8-9,12,14H2,1-2H3,(H,25,28)(H,26,29). The lowest BCUT2D eigenvalue weighted by atomic mass is 10.1. The molecule has 3 aromatic rings. The van der Waals surface area contributed by atoms with Crippen molar-refractivity contribution in [2.24, 2.45) is 5.92 Å². The molecule has 1 saturated carbocycles. The van der Waals surface area contributed by atoms with Gasteiger partial charge in [0.2, 0.25) is 11.8 Å². The summed E-state index contributed by atoms with van der Waals surface area (Å²) in [7, 11) is 0. The Morgan fingerprint density at radius 3 is 2.42 bits per heavy atom. The molecule has 0 saturated heterocycles. The zero-order chi connectivity index (χ0) is 21.8. The van der Waals surface area contributed by atoms with E-state index in [1.54, 1.807) is 12.1 Å². The Balaban J connectivity index is 1.29. The first-order valence-corrected chi connectivity index (χ1v) is 10.3. The van der Waals surface area contributed by atoms with E-state index >= 15 is 0 Å². The van der Waals surface area contributed by atoms with Crippen LogP contribution in [-0.2, 0) is 22.6 Å². The molecule has 1 aliphatic rings. The molecule has 7 heteroatoms. The number of benzene rings is 2. The number of ether oxygens (including phenoxy) is 1. The zero-order valence-corrected chi connectivity index (χ0v) is 17.6. The molecule has 2 amide bonds. The monoisotopic (exact) mass is 419 g/mol. The van der Waals surface area contributed by atoms with Crippen molar-refractivity contribution in [3.63, 3.8) is 0 Å². The number of hydrogen-bond donors (Lipinski definition) is 2. The van der Waals surface area contributed by atoms with E-state index in [0.717, 1.165) is 35.4 Å². The molecule has 2 N–H and O–H groups in total. The number of carbonyl (C=O) groups is 2. The number of aromatic nitrogens is 1. The predicted molar refractivity (Wildman–Crippen MR) is 117 cm³/mol. The lowest BCUT2D eigenvalue weighted by molar-refractivity contribution is -0.117. The summed E-state index contributed by atoms with van der Waals surface area (Å²) in [6, 6.07) is 14.6. The number of nitrogens with zero attached hydrogens (tertiary/aromatic N) is 1. The Labute approximate surface area is 180 Å². The van der Waals surface area contributed by atoms with Gasteiger partial charge in [-0.2, -0.15) is 0 Å². The zero-order valence-electron chi connectivity index (χ0n) is 17.6. The molecule has 2 aromatic carbocycles. The molecule has 0 radical (unpaired) electrons. The van der Waals surface area contributed by atoms with Gasteiger partial charge in [-0.3, -0.25) is 9.59 Å². The van der Waals surface area contributed by atoms with Crippen LogP contribution in [0.3, 0.4) is 0 Å². The number of rotatable bonds is 8. The number of nitrogens with one attached hydrogen (secondary N) is 2. The third kappa shape index (κ3) is 5.51. The molecular weight excluding hydrogens is 394 g/mol. The Hall–Kier alpha value is -3.61. The van der Waals surface area contributed by atoms with E-state index in [0.29, 0.717) is 23.7 Å². The van der Waals surface area contributed by atoms with Crippen LogP contribution in [-0.4, -0.2) is 17.0 Å². The van der Waals surface area contributed by atoms with Crippen molar-refractivity contribution in [2.45, 2.75) is 39.7 Å². The van der Waals surface area contributed by atoms with Crippen LogP contribution in [0.5, 0.6) is 5.75 Å². The van der Waals surface area contributed by atoms with Crippen molar-refractivity contribution in [1.29, 1.82) is 0 Å². The fraction of sp³-hybridized carbons (Fsp3) is 0.292. The van der Waals surface area contributed by atoms with Gasteiger partial charge in [-0.15, -0.1) is 0 Å². The fourth-order valence-electron chi connectivity index (χ4n) is 3.22. The van der Waals surface area contributed by atoms with Crippen molar-refractivity contribution in [2.75, 3.05) is 10.6 Å². The quantitative estimate of drug-likeness (QED) is 0.564.